The van der Waals surface area contributed by atoms with Gasteiger partial charge in [-0.3, -0.25) is 4.99 Å². The maximum Gasteiger partial charge on any atom is 0.171 e. The molecule has 2 aromatic carbocycles. The minimum absolute atomic E-state index is 0.633. The van der Waals surface area contributed by atoms with Crippen molar-refractivity contribution in [1.29, 1.82) is 0 Å². The molecule has 44 heavy (non-hydrogen) atoms. The Kier molecular flexibility index (Phi) is 16.0. The van der Waals surface area contributed by atoms with Crippen molar-refractivity contribution >= 4 is 17.6 Å². The molecule has 3 rings (SSSR count). The number of aromatic nitrogens is 1. The van der Waals surface area contributed by atoms with E-state index in [1.165, 1.54) is 33.6 Å². The Hall–Kier alpha value is -3.70. The zero-order valence-corrected chi connectivity index (χ0v) is 27.9. The fourth-order valence-corrected chi connectivity index (χ4v) is 5.35. The van der Waals surface area contributed by atoms with Crippen LogP contribution in [0.25, 0.3) is 0 Å². The number of pyridine rings is 1. The fraction of sp³-hybridized carbons (Fsp3) is 0.436. The summed E-state index contributed by atoms with van der Waals surface area (Å²) in [6.45, 7) is 17.9. The molecule has 0 unspecified atom stereocenters. The summed E-state index contributed by atoms with van der Waals surface area (Å²) in [5.41, 5.74) is 8.02. The molecule has 0 saturated carbocycles. The van der Waals surface area contributed by atoms with Gasteiger partial charge in [-0.15, -0.1) is 0 Å². The fourth-order valence-electron chi connectivity index (χ4n) is 5.35. The first-order valence-electron chi connectivity index (χ1n) is 16.6. The van der Waals surface area contributed by atoms with E-state index in [-0.39, 0.29) is 0 Å². The van der Waals surface area contributed by atoms with Crippen molar-refractivity contribution in [3.63, 3.8) is 0 Å². The van der Waals surface area contributed by atoms with Crippen LogP contribution in [0.1, 0.15) is 57.7 Å². The zero-order valence-electron chi connectivity index (χ0n) is 27.9. The third-order valence-electron chi connectivity index (χ3n) is 8.13. The Morgan fingerprint density at radius 1 is 0.705 bits per heavy atom. The van der Waals surface area contributed by atoms with Crippen molar-refractivity contribution in [2.45, 2.75) is 66.8 Å². The average Bonchev–Trinajstić information content (AvgIpc) is 3.06. The highest BCUT2D eigenvalue weighted by molar-refractivity contribution is 5.73. The summed E-state index contributed by atoms with van der Waals surface area (Å²) < 4.78 is 8.03. The summed E-state index contributed by atoms with van der Waals surface area (Å²) in [6.07, 6.45) is 16.8. The quantitative estimate of drug-likeness (QED) is 0.0581. The average molecular weight is 596 g/mol. The lowest BCUT2D eigenvalue weighted by atomic mass is 10.0. The van der Waals surface area contributed by atoms with Crippen molar-refractivity contribution in [2.75, 3.05) is 55.7 Å². The molecule has 0 aliphatic carbocycles. The number of benzene rings is 2. The molecule has 0 aliphatic heterocycles. The normalized spacial score (nSPS) is 12.0. The molecule has 0 radical (unpaired) electrons. The molecule has 5 heteroatoms. The third kappa shape index (κ3) is 12.1. The van der Waals surface area contributed by atoms with Gasteiger partial charge in [0.25, 0.3) is 0 Å². The Morgan fingerprint density at radius 3 is 1.75 bits per heavy atom. The molecule has 0 aliphatic rings. The van der Waals surface area contributed by atoms with Gasteiger partial charge in [0.2, 0.25) is 0 Å². The summed E-state index contributed by atoms with van der Waals surface area (Å²) in [7, 11) is 0. The molecule has 3 aromatic rings. The van der Waals surface area contributed by atoms with E-state index >= 15 is 0 Å². The van der Waals surface area contributed by atoms with Crippen molar-refractivity contribution < 1.29 is 9.30 Å². The van der Waals surface area contributed by atoms with Crippen molar-refractivity contribution in [3.05, 3.63) is 114 Å². The van der Waals surface area contributed by atoms with Gasteiger partial charge in [0.05, 0.1) is 13.2 Å². The summed E-state index contributed by atoms with van der Waals surface area (Å²) in [5, 5.41) is 0. The van der Waals surface area contributed by atoms with Crippen molar-refractivity contribution in [2.24, 2.45) is 4.99 Å². The lowest BCUT2D eigenvalue weighted by Gasteiger charge is -2.21. The number of ether oxygens (including phenoxy) is 1. The topological polar surface area (TPSA) is 32.0 Å². The van der Waals surface area contributed by atoms with Gasteiger partial charge in [-0.1, -0.05) is 36.4 Å². The standard InChI is InChI=1S/C39H55N4O/c1-6-11-34(12-13-35-16-20-38(21-17-35)42(7-2)8-3)24-27-40-28-32-44-33-31-41-29-25-37(26-30-41)15-14-36-18-22-39(23-19-36)43(9-4)10-5/h6,11,16-27,29-30H,7-10,12-15,28,31-33H2,1-5H3/q+1/b11-6-,34-24+,40-27?. The monoisotopic (exact) mass is 595 g/mol. The number of rotatable bonds is 20. The maximum absolute atomic E-state index is 5.84. The first-order chi connectivity index (χ1) is 21.6. The SMILES string of the molecule is C/C=C\C(=C/C=NCCOCC[n+]1ccc(CCc2ccc(N(CC)CC)cc2)cc1)CCc1ccc(N(CC)CC)cc1. The molecule has 0 bridgehead atoms. The number of aliphatic imine (C=N–C) groups is 1. The number of hydrogen-bond donors (Lipinski definition) is 0. The summed E-state index contributed by atoms with van der Waals surface area (Å²) in [5.74, 6) is 0. The van der Waals surface area contributed by atoms with Crippen LogP contribution >= 0.6 is 0 Å². The van der Waals surface area contributed by atoms with Crippen molar-refractivity contribution in [3.8, 4) is 0 Å². The maximum atomic E-state index is 5.84. The van der Waals surface area contributed by atoms with Crippen LogP contribution in [0.15, 0.2) is 102 Å². The highest BCUT2D eigenvalue weighted by atomic mass is 16.5. The zero-order chi connectivity index (χ0) is 31.4. The Bertz CT molecular complexity index is 1270. The van der Waals surface area contributed by atoms with Gasteiger partial charge in [-0.05, 0) is 113 Å². The van der Waals surface area contributed by atoms with E-state index < -0.39 is 0 Å². The first kappa shape index (κ1) is 34.8. The molecule has 0 saturated heterocycles. The van der Waals surface area contributed by atoms with Gasteiger partial charge in [0, 0.05) is 55.9 Å². The molecular formula is C39H55N4O+. The molecule has 0 fully saturated rings. The van der Waals surface area contributed by atoms with E-state index in [4.69, 9.17) is 4.74 Å². The van der Waals surface area contributed by atoms with E-state index in [1.807, 2.05) is 6.21 Å². The summed E-state index contributed by atoms with van der Waals surface area (Å²) in [6, 6.07) is 22.5. The van der Waals surface area contributed by atoms with Crippen LogP contribution in [0.5, 0.6) is 0 Å². The Labute approximate surface area is 267 Å². The molecule has 0 spiro atoms. The van der Waals surface area contributed by atoms with Gasteiger partial charge in [-0.25, -0.2) is 4.57 Å². The molecule has 0 N–H and O–H groups in total. The second-order valence-electron chi connectivity index (χ2n) is 11.0. The predicted octanol–water partition coefficient (Wildman–Crippen LogP) is 7.67. The van der Waals surface area contributed by atoms with Crippen LogP contribution in [0.2, 0.25) is 0 Å². The minimum Gasteiger partial charge on any atom is -0.373 e. The second-order valence-corrected chi connectivity index (χ2v) is 11.0. The molecule has 5 nitrogen and oxygen atoms in total. The van der Waals surface area contributed by atoms with Crippen LogP contribution in [-0.2, 0) is 30.5 Å². The van der Waals surface area contributed by atoms with E-state index in [1.54, 1.807) is 0 Å². The van der Waals surface area contributed by atoms with Gasteiger partial charge >= 0.3 is 0 Å². The molecule has 0 atom stereocenters. The summed E-state index contributed by atoms with van der Waals surface area (Å²) in [4.78, 5) is 9.30. The van der Waals surface area contributed by atoms with Crippen molar-refractivity contribution in [1.82, 2.24) is 0 Å². The van der Waals surface area contributed by atoms with Gasteiger partial charge in [-0.2, -0.15) is 0 Å². The van der Waals surface area contributed by atoms with Gasteiger partial charge in [0.15, 0.2) is 18.9 Å². The number of aryl methyl sites for hydroxylation is 3. The van der Waals surface area contributed by atoms with Gasteiger partial charge in [0.1, 0.15) is 6.61 Å². The van der Waals surface area contributed by atoms with E-state index in [9.17, 15) is 0 Å². The Balaban J connectivity index is 1.32. The van der Waals surface area contributed by atoms with Crippen LogP contribution in [0.4, 0.5) is 11.4 Å². The number of hydrogen-bond acceptors (Lipinski definition) is 4. The van der Waals surface area contributed by atoms with Crippen LogP contribution < -0.4 is 14.4 Å². The third-order valence-corrected chi connectivity index (χ3v) is 8.13. The smallest absolute Gasteiger partial charge is 0.171 e. The molecule has 1 heterocycles. The van der Waals surface area contributed by atoms with E-state index in [2.05, 4.69) is 145 Å². The highest BCUT2D eigenvalue weighted by Crippen LogP contribution is 2.18. The number of nitrogens with zero attached hydrogens (tertiary/aromatic N) is 4. The number of anilines is 2. The van der Waals surface area contributed by atoms with Crippen LogP contribution in [0.3, 0.4) is 0 Å². The van der Waals surface area contributed by atoms with E-state index in [0.29, 0.717) is 19.8 Å². The number of allylic oxidation sites excluding steroid dienone is 4. The molecular weight excluding hydrogens is 540 g/mol. The van der Waals surface area contributed by atoms with Crippen LogP contribution in [-0.4, -0.2) is 52.2 Å². The predicted molar refractivity (Wildman–Crippen MR) is 189 cm³/mol. The molecule has 0 amide bonds. The van der Waals surface area contributed by atoms with Crippen LogP contribution in [0, 0.1) is 0 Å². The lowest BCUT2D eigenvalue weighted by Crippen LogP contribution is -2.35. The lowest BCUT2D eigenvalue weighted by molar-refractivity contribution is -0.698. The van der Waals surface area contributed by atoms with E-state index in [0.717, 1.165) is 58.4 Å². The Morgan fingerprint density at radius 2 is 1.23 bits per heavy atom. The summed E-state index contributed by atoms with van der Waals surface area (Å²) >= 11 is 0. The first-order valence-corrected chi connectivity index (χ1v) is 16.6. The molecule has 236 valence electrons. The van der Waals surface area contributed by atoms with Gasteiger partial charge < -0.3 is 14.5 Å². The molecule has 1 aromatic heterocycles. The largest absolute Gasteiger partial charge is 0.373 e. The minimum atomic E-state index is 0.633. The highest BCUT2D eigenvalue weighted by Gasteiger charge is 2.05. The second kappa shape index (κ2) is 20.3.